The molecular weight excluding hydrogens is 445 g/mol. The maximum atomic E-state index is 2.48. The molecule has 3 aromatic carbocycles. The van der Waals surface area contributed by atoms with Gasteiger partial charge in [0.1, 0.15) is 0 Å². The van der Waals surface area contributed by atoms with Gasteiger partial charge in [-0.2, -0.15) is 0 Å². The molecule has 0 bridgehead atoms. The second kappa shape index (κ2) is 11.9. The van der Waals surface area contributed by atoms with Crippen molar-refractivity contribution in [3.8, 4) is 0 Å². The van der Waals surface area contributed by atoms with Crippen molar-refractivity contribution >= 4 is 15.4 Å². The van der Waals surface area contributed by atoms with E-state index in [-0.39, 0.29) is 15.4 Å². The molecule has 0 fully saturated rings. The van der Waals surface area contributed by atoms with E-state index < -0.39 is 0 Å². The van der Waals surface area contributed by atoms with Crippen LogP contribution in [0.2, 0.25) is 4.75 Å². The van der Waals surface area contributed by atoms with E-state index in [9.17, 15) is 0 Å². The molecule has 32 heavy (non-hydrogen) atoms. The molecule has 0 nitrogen and oxygen atoms in total. The van der Waals surface area contributed by atoms with Crippen LogP contribution in [0.25, 0.3) is 0 Å². The van der Waals surface area contributed by atoms with E-state index in [0.717, 1.165) is 36.9 Å². The van der Waals surface area contributed by atoms with Crippen LogP contribution < -0.4 is 0 Å². The standard InChI is InChI=1S/C31H40Ge/c1-7-24-10-23(6)11-27(12-24)17-28-13-25(8-2)14-29(18-28)19-30-15-26(9-3)16-31(20-30)21-32-22(4)5/h10-16,18,20,22H,7-9,17,19,21H2,1-6H3. The first kappa shape index (κ1) is 24.8. The van der Waals surface area contributed by atoms with Crippen LogP contribution in [0.15, 0.2) is 54.6 Å². The van der Waals surface area contributed by atoms with Gasteiger partial charge in [0.2, 0.25) is 0 Å². The molecule has 2 radical (unpaired) electrons. The van der Waals surface area contributed by atoms with Gasteiger partial charge in [0.25, 0.3) is 0 Å². The minimum absolute atomic E-state index is 0.107. The zero-order valence-electron chi connectivity index (χ0n) is 21.0. The van der Waals surface area contributed by atoms with Gasteiger partial charge in [-0.05, 0) is 13.3 Å². The van der Waals surface area contributed by atoms with Crippen molar-refractivity contribution in [1.82, 2.24) is 0 Å². The van der Waals surface area contributed by atoms with Crippen LogP contribution in [0, 0.1) is 6.92 Å². The summed E-state index contributed by atoms with van der Waals surface area (Å²) in [5, 5.41) is 1.31. The van der Waals surface area contributed by atoms with Gasteiger partial charge >= 0.3 is 177 Å². The molecule has 168 valence electrons. The molecule has 0 amide bonds. The Kier molecular flexibility index (Phi) is 9.23. The van der Waals surface area contributed by atoms with Gasteiger partial charge in [-0.25, -0.2) is 0 Å². The Bertz CT molecular complexity index is 1030. The van der Waals surface area contributed by atoms with E-state index in [0.29, 0.717) is 0 Å². The summed E-state index contributed by atoms with van der Waals surface area (Å²) in [5.74, 6) is 0. The zero-order valence-corrected chi connectivity index (χ0v) is 23.1. The SMILES string of the molecule is CCc1cc(C)cc(Cc2cc(CC)cc(Cc3cc(CC)cc([CH2][Ge][CH](C)C)c3)c2)c1. The van der Waals surface area contributed by atoms with Gasteiger partial charge in [0, 0.05) is 0 Å². The molecule has 3 rings (SSSR count). The number of hydrogen-bond donors (Lipinski definition) is 0. The summed E-state index contributed by atoms with van der Waals surface area (Å²) in [4.78, 5) is 0. The van der Waals surface area contributed by atoms with Crippen LogP contribution in [-0.4, -0.2) is 15.4 Å². The summed E-state index contributed by atoms with van der Waals surface area (Å²) in [5.41, 5.74) is 13.2. The van der Waals surface area contributed by atoms with Crippen molar-refractivity contribution in [2.45, 2.75) is 83.7 Å². The van der Waals surface area contributed by atoms with Gasteiger partial charge in [-0.1, -0.05) is 13.0 Å². The van der Waals surface area contributed by atoms with Crippen LogP contribution >= 0.6 is 0 Å². The molecule has 0 spiro atoms. The summed E-state index contributed by atoms with van der Waals surface area (Å²) in [6, 6.07) is 21.7. The first-order chi connectivity index (χ1) is 15.4. The molecule has 0 unspecified atom stereocenters. The fourth-order valence-electron chi connectivity index (χ4n) is 4.54. The Balaban J connectivity index is 1.87. The minimum atomic E-state index is 0.107. The molecular formula is C31H40Ge. The first-order valence-corrected chi connectivity index (χ1v) is 15.1. The third-order valence-corrected chi connectivity index (χ3v) is 9.18. The molecule has 0 aliphatic carbocycles. The van der Waals surface area contributed by atoms with Gasteiger partial charge in [0.15, 0.2) is 0 Å². The molecule has 0 N–H and O–H groups in total. The van der Waals surface area contributed by atoms with Crippen LogP contribution in [0.1, 0.15) is 84.7 Å². The Morgan fingerprint density at radius 3 is 1.34 bits per heavy atom. The van der Waals surface area contributed by atoms with Crippen molar-refractivity contribution in [3.05, 3.63) is 105 Å². The fraction of sp³-hybridized carbons (Fsp3) is 0.419. The third-order valence-electron chi connectivity index (χ3n) is 6.18. The maximum absolute atomic E-state index is 2.48. The van der Waals surface area contributed by atoms with Crippen LogP contribution in [0.4, 0.5) is 0 Å². The Morgan fingerprint density at radius 2 is 0.875 bits per heavy atom. The first-order valence-electron chi connectivity index (χ1n) is 12.4. The number of rotatable bonds is 10. The topological polar surface area (TPSA) is 0 Å². The Morgan fingerprint density at radius 1 is 0.531 bits per heavy atom. The predicted octanol–water partition coefficient (Wildman–Crippen LogP) is 7.90. The van der Waals surface area contributed by atoms with Gasteiger partial charge in [-0.15, -0.1) is 0 Å². The van der Waals surface area contributed by atoms with Crippen molar-refractivity contribution in [3.63, 3.8) is 0 Å². The van der Waals surface area contributed by atoms with Crippen molar-refractivity contribution in [1.29, 1.82) is 0 Å². The van der Waals surface area contributed by atoms with Crippen LogP contribution in [0.3, 0.4) is 0 Å². The van der Waals surface area contributed by atoms with Crippen LogP contribution in [-0.2, 0) is 37.4 Å². The quantitative estimate of drug-likeness (QED) is 0.256. The average molecular weight is 485 g/mol. The summed E-state index contributed by atoms with van der Waals surface area (Å²) in [6.45, 7) is 13.8. The summed E-state index contributed by atoms with van der Waals surface area (Å²) in [6.07, 6.45) is 5.38. The molecule has 1 heteroatoms. The van der Waals surface area contributed by atoms with Crippen molar-refractivity contribution in [2.75, 3.05) is 0 Å². The monoisotopic (exact) mass is 486 g/mol. The number of hydrogen-bond acceptors (Lipinski definition) is 0. The fourth-order valence-corrected chi connectivity index (χ4v) is 6.32. The Hall–Kier alpha value is -1.80. The second-order valence-corrected chi connectivity index (χ2v) is 13.6. The van der Waals surface area contributed by atoms with Crippen molar-refractivity contribution in [2.24, 2.45) is 0 Å². The van der Waals surface area contributed by atoms with Gasteiger partial charge in [0.05, 0.1) is 0 Å². The number of benzene rings is 3. The normalized spacial score (nSPS) is 11.3. The van der Waals surface area contributed by atoms with E-state index in [1.54, 1.807) is 5.56 Å². The molecule has 0 saturated carbocycles. The number of aryl methyl sites for hydroxylation is 4. The molecule has 0 aliphatic rings. The summed E-state index contributed by atoms with van der Waals surface area (Å²) in [7, 11) is 0. The predicted molar refractivity (Wildman–Crippen MR) is 142 cm³/mol. The van der Waals surface area contributed by atoms with Crippen LogP contribution in [0.5, 0.6) is 0 Å². The molecule has 0 aromatic heterocycles. The van der Waals surface area contributed by atoms with Gasteiger partial charge < -0.3 is 0 Å². The second-order valence-electron chi connectivity index (χ2n) is 9.59. The molecule has 0 aliphatic heterocycles. The zero-order chi connectivity index (χ0) is 23.1. The van der Waals surface area contributed by atoms with E-state index in [1.807, 2.05) is 0 Å². The average Bonchev–Trinajstić information content (AvgIpc) is 2.76. The van der Waals surface area contributed by atoms with E-state index in [2.05, 4.69) is 96.1 Å². The molecule has 0 saturated heterocycles. The van der Waals surface area contributed by atoms with E-state index in [1.165, 1.54) is 49.8 Å². The third kappa shape index (κ3) is 7.37. The molecule has 0 atom stereocenters. The van der Waals surface area contributed by atoms with Gasteiger partial charge in [-0.3, -0.25) is 0 Å². The molecule has 0 heterocycles. The summed E-state index contributed by atoms with van der Waals surface area (Å²) >= 11 is 0.107. The van der Waals surface area contributed by atoms with Crippen molar-refractivity contribution < 1.29 is 0 Å². The molecule has 3 aromatic rings. The van der Waals surface area contributed by atoms with E-state index in [4.69, 9.17) is 0 Å². The summed E-state index contributed by atoms with van der Waals surface area (Å²) < 4.78 is 0.877. The van der Waals surface area contributed by atoms with E-state index >= 15 is 0 Å². The Labute approximate surface area is 203 Å².